The summed E-state index contributed by atoms with van der Waals surface area (Å²) >= 11 is 0. The minimum Gasteiger partial charge on any atom is -0.490 e. The first-order valence-corrected chi connectivity index (χ1v) is 13.7. The van der Waals surface area contributed by atoms with Crippen molar-refractivity contribution >= 4 is 11.6 Å². The Balaban J connectivity index is 1.05. The molecule has 0 radical (unpaired) electrons. The van der Waals surface area contributed by atoms with Crippen LogP contribution in [0.3, 0.4) is 0 Å². The van der Waals surface area contributed by atoms with Crippen LogP contribution >= 0.6 is 0 Å². The van der Waals surface area contributed by atoms with Gasteiger partial charge < -0.3 is 34.5 Å². The molecule has 8 nitrogen and oxygen atoms in total. The van der Waals surface area contributed by atoms with E-state index in [9.17, 15) is 4.79 Å². The highest BCUT2D eigenvalue weighted by atomic mass is 16.5. The summed E-state index contributed by atoms with van der Waals surface area (Å²) in [5.41, 5.74) is 1.94. The summed E-state index contributed by atoms with van der Waals surface area (Å²) < 4.78 is 22.8. The lowest BCUT2D eigenvalue weighted by Crippen LogP contribution is -2.48. The Labute approximate surface area is 215 Å². The van der Waals surface area contributed by atoms with Gasteiger partial charge in [0, 0.05) is 56.1 Å². The summed E-state index contributed by atoms with van der Waals surface area (Å²) in [5, 5.41) is 6.93. The Morgan fingerprint density at radius 1 is 1.25 bits per heavy atom. The second-order valence-electron chi connectivity index (χ2n) is 11.6. The Bertz CT molecular complexity index is 891. The Morgan fingerprint density at radius 3 is 2.83 bits per heavy atom. The zero-order valence-corrected chi connectivity index (χ0v) is 22.1. The summed E-state index contributed by atoms with van der Waals surface area (Å²) in [6, 6.07) is 7.06. The maximum Gasteiger partial charge on any atom is 0.225 e. The zero-order valence-electron chi connectivity index (χ0n) is 22.1. The Morgan fingerprint density at radius 2 is 2.08 bits per heavy atom. The van der Waals surface area contributed by atoms with Gasteiger partial charge in [-0.1, -0.05) is 19.9 Å². The molecule has 3 fully saturated rings. The number of anilines is 1. The van der Waals surface area contributed by atoms with Crippen molar-refractivity contribution in [2.45, 2.75) is 64.3 Å². The van der Waals surface area contributed by atoms with Gasteiger partial charge in [-0.3, -0.25) is 4.79 Å². The molecule has 5 rings (SSSR count). The van der Waals surface area contributed by atoms with E-state index >= 15 is 0 Å². The molecule has 3 heterocycles. The lowest BCUT2D eigenvalue weighted by Gasteiger charge is -2.35. The fourth-order valence-electron chi connectivity index (χ4n) is 5.97. The molecular formula is C28H43N3O5. The van der Waals surface area contributed by atoms with Gasteiger partial charge in [0.1, 0.15) is 12.4 Å². The highest BCUT2D eigenvalue weighted by Crippen LogP contribution is 2.44. The molecule has 36 heavy (non-hydrogen) atoms. The molecular weight excluding hydrogens is 458 g/mol. The molecule has 200 valence electrons. The number of methoxy groups -OCH3 is 1. The third-order valence-corrected chi connectivity index (χ3v) is 8.34. The van der Waals surface area contributed by atoms with Crippen molar-refractivity contribution in [2.75, 3.05) is 58.1 Å². The average Bonchev–Trinajstić information content (AvgIpc) is 3.28. The number of nitrogens with one attached hydrogen (secondary N) is 2. The minimum atomic E-state index is -0.385. The van der Waals surface area contributed by atoms with Crippen molar-refractivity contribution in [3.63, 3.8) is 0 Å². The van der Waals surface area contributed by atoms with Crippen LogP contribution in [0.5, 0.6) is 5.75 Å². The topological polar surface area (TPSA) is 81.3 Å². The van der Waals surface area contributed by atoms with E-state index in [0.29, 0.717) is 30.5 Å². The fraction of sp³-hybridized carbons (Fsp3) is 0.750. The molecule has 4 aliphatic rings. The van der Waals surface area contributed by atoms with Gasteiger partial charge in [-0.25, -0.2) is 0 Å². The van der Waals surface area contributed by atoms with Crippen LogP contribution in [0, 0.1) is 17.3 Å². The maximum atomic E-state index is 12.9. The Kier molecular flexibility index (Phi) is 8.05. The fourth-order valence-corrected chi connectivity index (χ4v) is 5.97. The monoisotopic (exact) mass is 501 g/mol. The quantitative estimate of drug-likeness (QED) is 0.451. The van der Waals surface area contributed by atoms with Crippen LogP contribution in [0.4, 0.5) is 5.69 Å². The van der Waals surface area contributed by atoms with Gasteiger partial charge in [-0.15, -0.1) is 0 Å². The van der Waals surface area contributed by atoms with Crippen molar-refractivity contribution in [2.24, 2.45) is 17.3 Å². The van der Waals surface area contributed by atoms with E-state index in [0.717, 1.165) is 83.2 Å². The molecule has 0 bridgehead atoms. The molecule has 1 aliphatic carbocycles. The normalized spacial score (nSPS) is 29.3. The summed E-state index contributed by atoms with van der Waals surface area (Å²) in [6.45, 7) is 10.5. The van der Waals surface area contributed by atoms with E-state index < -0.39 is 0 Å². The summed E-state index contributed by atoms with van der Waals surface area (Å²) in [4.78, 5) is 15.3. The van der Waals surface area contributed by atoms with Gasteiger partial charge in [0.05, 0.1) is 38.2 Å². The highest BCUT2D eigenvalue weighted by Gasteiger charge is 2.55. The third-order valence-electron chi connectivity index (χ3n) is 8.34. The second-order valence-corrected chi connectivity index (χ2v) is 11.6. The number of hydrogen-bond donors (Lipinski definition) is 2. The van der Waals surface area contributed by atoms with E-state index in [4.69, 9.17) is 18.9 Å². The summed E-state index contributed by atoms with van der Waals surface area (Å²) in [7, 11) is 1.75. The first kappa shape index (κ1) is 25.8. The number of hydrogen-bond acceptors (Lipinski definition) is 7. The SMILES string of the molecule is COCCCN1CCOc2ccc(CO[C@@H]3CC[C@@H](CC(C)(C)C(=O)NC4[C@H]5COC[C@@H]45)NC3)cc21. The first-order chi connectivity index (χ1) is 17.4. The van der Waals surface area contributed by atoms with Crippen LogP contribution in [0.25, 0.3) is 0 Å². The molecule has 1 amide bonds. The Hall–Kier alpha value is -1.87. The number of fused-ring (bicyclic) bond motifs is 2. The molecule has 2 N–H and O–H groups in total. The lowest BCUT2D eigenvalue weighted by atomic mass is 9.82. The number of piperidine rings is 1. The predicted octanol–water partition coefficient (Wildman–Crippen LogP) is 2.74. The van der Waals surface area contributed by atoms with Crippen LogP contribution in [0.2, 0.25) is 0 Å². The summed E-state index contributed by atoms with van der Waals surface area (Å²) in [6.07, 6.45) is 4.06. The second kappa shape index (κ2) is 11.3. The van der Waals surface area contributed by atoms with Crippen LogP contribution in [-0.2, 0) is 25.6 Å². The number of carbonyl (C=O) groups excluding carboxylic acids is 1. The highest BCUT2D eigenvalue weighted by molar-refractivity contribution is 5.82. The van der Waals surface area contributed by atoms with E-state index in [1.807, 2.05) is 0 Å². The van der Waals surface area contributed by atoms with Gasteiger partial charge in [0.2, 0.25) is 5.91 Å². The zero-order chi connectivity index (χ0) is 25.1. The number of amides is 1. The lowest BCUT2D eigenvalue weighted by molar-refractivity contribution is -0.130. The predicted molar refractivity (Wildman–Crippen MR) is 138 cm³/mol. The smallest absolute Gasteiger partial charge is 0.225 e. The van der Waals surface area contributed by atoms with Gasteiger partial charge in [-0.05, 0) is 43.4 Å². The number of benzene rings is 1. The van der Waals surface area contributed by atoms with Gasteiger partial charge in [0.15, 0.2) is 0 Å². The molecule has 1 aromatic carbocycles. The van der Waals surface area contributed by atoms with Crippen LogP contribution in [-0.4, -0.2) is 77.3 Å². The number of carbonyl (C=O) groups is 1. The third kappa shape index (κ3) is 5.98. The van der Waals surface area contributed by atoms with E-state index in [1.165, 1.54) is 5.56 Å². The van der Waals surface area contributed by atoms with Gasteiger partial charge in [0.25, 0.3) is 0 Å². The minimum absolute atomic E-state index is 0.176. The molecule has 5 atom stereocenters. The van der Waals surface area contributed by atoms with Crippen LogP contribution in [0.1, 0.15) is 45.1 Å². The average molecular weight is 502 g/mol. The van der Waals surface area contributed by atoms with E-state index in [-0.39, 0.29) is 17.4 Å². The number of nitrogens with zero attached hydrogens (tertiary/aromatic N) is 1. The molecule has 0 aromatic heterocycles. The molecule has 1 saturated carbocycles. The number of rotatable bonds is 11. The standard InChI is InChI=1S/C28H43N3O5/c1-28(2,27(32)30-26-22-17-34-18-23(22)26)14-20-6-7-21(15-29-20)36-16-19-5-8-25-24(13-19)31(10-12-35-25)9-4-11-33-3/h5,8,13,20-23,26,29H,4,6-7,9-12,14-18H2,1-3H3,(H,30,32)/t20-,21+,22-,23+,26?/m0/s1. The molecule has 2 saturated heterocycles. The maximum absolute atomic E-state index is 12.9. The summed E-state index contributed by atoms with van der Waals surface area (Å²) in [5.74, 6) is 2.21. The van der Waals surface area contributed by atoms with Crippen molar-refractivity contribution in [1.82, 2.24) is 10.6 Å². The van der Waals surface area contributed by atoms with Gasteiger partial charge >= 0.3 is 0 Å². The molecule has 1 aromatic rings. The molecule has 0 spiro atoms. The van der Waals surface area contributed by atoms with Gasteiger partial charge in [-0.2, -0.15) is 0 Å². The molecule has 3 aliphatic heterocycles. The number of ether oxygens (including phenoxy) is 4. The molecule has 1 unspecified atom stereocenters. The molecule has 8 heteroatoms. The van der Waals surface area contributed by atoms with Crippen molar-refractivity contribution < 1.29 is 23.7 Å². The van der Waals surface area contributed by atoms with Crippen molar-refractivity contribution in [1.29, 1.82) is 0 Å². The van der Waals surface area contributed by atoms with Crippen LogP contribution < -0.4 is 20.3 Å². The van der Waals surface area contributed by atoms with Crippen molar-refractivity contribution in [3.8, 4) is 5.75 Å². The largest absolute Gasteiger partial charge is 0.490 e. The van der Waals surface area contributed by atoms with E-state index in [1.54, 1.807) is 7.11 Å². The van der Waals surface area contributed by atoms with E-state index in [2.05, 4.69) is 47.6 Å². The van der Waals surface area contributed by atoms with Crippen molar-refractivity contribution in [3.05, 3.63) is 23.8 Å². The first-order valence-electron chi connectivity index (χ1n) is 13.7. The van der Waals surface area contributed by atoms with Crippen LogP contribution in [0.15, 0.2) is 18.2 Å².